The minimum Gasteiger partial charge on any atom is -0.412 e. The third kappa shape index (κ3) is 3.63. The zero-order chi connectivity index (χ0) is 17.4. The summed E-state index contributed by atoms with van der Waals surface area (Å²) in [5.41, 5.74) is 0. The van der Waals surface area contributed by atoms with Gasteiger partial charge in [0.2, 0.25) is 8.32 Å². The molecule has 1 saturated heterocycles. The van der Waals surface area contributed by atoms with Crippen molar-refractivity contribution >= 4 is 24.7 Å². The molecular formula is C17H40O2Si3. The van der Waals surface area contributed by atoms with Crippen molar-refractivity contribution in [2.24, 2.45) is 0 Å². The Balaban J connectivity index is 3.13. The highest BCUT2D eigenvalue weighted by Gasteiger charge is 2.64. The van der Waals surface area contributed by atoms with Crippen LogP contribution in [0.3, 0.4) is 0 Å². The average Bonchev–Trinajstić information content (AvgIpc) is 2.38. The summed E-state index contributed by atoms with van der Waals surface area (Å²) < 4.78 is 13.9. The van der Waals surface area contributed by atoms with Crippen molar-refractivity contribution in [1.29, 1.82) is 0 Å². The molecule has 0 bridgehead atoms. The molecule has 0 radical (unpaired) electrons. The molecule has 0 aliphatic carbocycles. The van der Waals surface area contributed by atoms with Gasteiger partial charge in [-0.2, -0.15) is 0 Å². The molecule has 0 spiro atoms. The number of hydrogen-bond acceptors (Lipinski definition) is 2. The summed E-state index contributed by atoms with van der Waals surface area (Å²) >= 11 is 0. The minimum absolute atomic E-state index is 0.0761. The number of hydrogen-bond donors (Lipinski definition) is 0. The lowest BCUT2D eigenvalue weighted by molar-refractivity contribution is 0.0248. The molecule has 2 nitrogen and oxygen atoms in total. The highest BCUT2D eigenvalue weighted by molar-refractivity contribution is 6.83. The SMILES string of the molecule is CCC(CC)(O[Si]1(C)CCC1(CC)O[Si](C)(C)C)[Si](C)(C)C. The lowest BCUT2D eigenvalue weighted by atomic mass is 10.2. The fourth-order valence-corrected chi connectivity index (χ4v) is 15.2. The van der Waals surface area contributed by atoms with Gasteiger partial charge in [-0.25, -0.2) is 0 Å². The van der Waals surface area contributed by atoms with Crippen LogP contribution in [0.5, 0.6) is 0 Å². The summed E-state index contributed by atoms with van der Waals surface area (Å²) in [5, 5.41) is 0.199. The van der Waals surface area contributed by atoms with E-state index < -0.39 is 24.7 Å². The van der Waals surface area contributed by atoms with Crippen LogP contribution in [0.15, 0.2) is 0 Å². The summed E-state index contributed by atoms with van der Waals surface area (Å²) in [6.45, 7) is 23.8. The highest BCUT2D eigenvalue weighted by Crippen LogP contribution is 2.52. The van der Waals surface area contributed by atoms with Gasteiger partial charge in [0.05, 0.1) is 13.3 Å². The van der Waals surface area contributed by atoms with Crippen LogP contribution >= 0.6 is 0 Å². The Morgan fingerprint density at radius 1 is 1.00 bits per heavy atom. The third-order valence-corrected chi connectivity index (χ3v) is 15.6. The van der Waals surface area contributed by atoms with Gasteiger partial charge in [-0.15, -0.1) is 0 Å². The Hall–Kier alpha value is 0.571. The van der Waals surface area contributed by atoms with Gasteiger partial charge in [0.1, 0.15) is 0 Å². The Morgan fingerprint density at radius 3 is 1.73 bits per heavy atom. The molecule has 2 unspecified atom stereocenters. The van der Waals surface area contributed by atoms with Crippen molar-refractivity contribution in [3.63, 3.8) is 0 Å². The molecule has 1 fully saturated rings. The summed E-state index contributed by atoms with van der Waals surface area (Å²) in [4.78, 5) is 0. The maximum absolute atomic E-state index is 7.17. The van der Waals surface area contributed by atoms with Crippen LogP contribution in [-0.2, 0) is 8.85 Å². The lowest BCUT2D eigenvalue weighted by Crippen LogP contribution is -2.74. The smallest absolute Gasteiger partial charge is 0.220 e. The van der Waals surface area contributed by atoms with E-state index in [2.05, 4.69) is 66.6 Å². The largest absolute Gasteiger partial charge is 0.412 e. The van der Waals surface area contributed by atoms with E-state index in [-0.39, 0.29) is 10.4 Å². The second kappa shape index (κ2) is 6.47. The molecule has 5 heteroatoms. The second-order valence-electron chi connectivity index (χ2n) is 9.35. The zero-order valence-corrected chi connectivity index (χ0v) is 19.9. The van der Waals surface area contributed by atoms with E-state index in [1.807, 2.05) is 0 Å². The molecule has 2 atom stereocenters. The fourth-order valence-electron chi connectivity index (χ4n) is 4.31. The second-order valence-corrected chi connectivity index (χ2v) is 23.3. The average molecular weight is 361 g/mol. The molecule has 1 heterocycles. The van der Waals surface area contributed by atoms with Crippen LogP contribution in [0.1, 0.15) is 46.5 Å². The van der Waals surface area contributed by atoms with Crippen LogP contribution in [0.4, 0.5) is 0 Å². The monoisotopic (exact) mass is 360 g/mol. The first-order valence-electron chi connectivity index (χ1n) is 9.21. The summed E-state index contributed by atoms with van der Waals surface area (Å²) in [6.07, 6.45) is 4.63. The van der Waals surface area contributed by atoms with Crippen molar-refractivity contribution in [2.75, 3.05) is 0 Å². The summed E-state index contributed by atoms with van der Waals surface area (Å²) in [6, 6.07) is 1.28. The maximum Gasteiger partial charge on any atom is 0.220 e. The van der Waals surface area contributed by atoms with E-state index in [9.17, 15) is 0 Å². The van der Waals surface area contributed by atoms with E-state index in [1.165, 1.54) is 12.5 Å². The van der Waals surface area contributed by atoms with Gasteiger partial charge in [-0.05, 0) is 57.9 Å². The maximum atomic E-state index is 7.17. The van der Waals surface area contributed by atoms with E-state index in [0.29, 0.717) is 0 Å². The molecule has 1 aliphatic heterocycles. The van der Waals surface area contributed by atoms with Gasteiger partial charge in [0, 0.05) is 5.22 Å². The molecule has 1 rings (SSSR count). The quantitative estimate of drug-likeness (QED) is 0.497. The van der Waals surface area contributed by atoms with Crippen LogP contribution in [0.2, 0.25) is 51.9 Å². The van der Waals surface area contributed by atoms with E-state index in [4.69, 9.17) is 8.85 Å². The topological polar surface area (TPSA) is 18.5 Å². The van der Waals surface area contributed by atoms with Crippen LogP contribution in [-0.4, -0.2) is 35.2 Å². The third-order valence-electron chi connectivity index (χ3n) is 5.97. The molecule has 0 N–H and O–H groups in total. The van der Waals surface area contributed by atoms with Crippen LogP contribution in [0, 0.1) is 0 Å². The van der Waals surface area contributed by atoms with Crippen molar-refractivity contribution in [3.05, 3.63) is 0 Å². The number of rotatable bonds is 8. The Bertz CT molecular complexity index is 378. The molecule has 1 aliphatic rings. The molecule has 22 heavy (non-hydrogen) atoms. The molecule has 0 aromatic rings. The lowest BCUT2D eigenvalue weighted by Gasteiger charge is -2.61. The molecule has 0 aromatic carbocycles. The molecule has 0 amide bonds. The van der Waals surface area contributed by atoms with Crippen molar-refractivity contribution in [3.8, 4) is 0 Å². The predicted octanol–water partition coefficient (Wildman–Crippen LogP) is 5.96. The minimum atomic E-state index is -1.83. The molecule has 0 saturated carbocycles. The van der Waals surface area contributed by atoms with E-state index >= 15 is 0 Å². The van der Waals surface area contributed by atoms with Gasteiger partial charge in [-0.1, -0.05) is 40.4 Å². The van der Waals surface area contributed by atoms with Gasteiger partial charge in [-0.3, -0.25) is 0 Å². The van der Waals surface area contributed by atoms with Crippen molar-refractivity contribution < 1.29 is 8.85 Å². The van der Waals surface area contributed by atoms with Gasteiger partial charge in [0.15, 0.2) is 8.32 Å². The Labute approximate surface area is 142 Å². The van der Waals surface area contributed by atoms with Gasteiger partial charge in [0.25, 0.3) is 0 Å². The Morgan fingerprint density at radius 2 is 1.50 bits per heavy atom. The van der Waals surface area contributed by atoms with Gasteiger partial charge < -0.3 is 8.85 Å². The summed E-state index contributed by atoms with van der Waals surface area (Å²) in [5.74, 6) is 0. The zero-order valence-electron chi connectivity index (χ0n) is 16.9. The fraction of sp³-hybridized carbons (Fsp3) is 1.00. The molecule has 0 aromatic heterocycles. The van der Waals surface area contributed by atoms with Crippen LogP contribution < -0.4 is 0 Å². The van der Waals surface area contributed by atoms with Crippen LogP contribution in [0.25, 0.3) is 0 Å². The van der Waals surface area contributed by atoms with Crippen molar-refractivity contribution in [1.82, 2.24) is 0 Å². The van der Waals surface area contributed by atoms with E-state index in [0.717, 1.165) is 19.3 Å². The first kappa shape index (κ1) is 20.6. The highest BCUT2D eigenvalue weighted by atomic mass is 28.4. The van der Waals surface area contributed by atoms with Crippen molar-refractivity contribution in [2.45, 2.75) is 109 Å². The molecular weight excluding hydrogens is 320 g/mol. The normalized spacial score (nSPS) is 30.3. The van der Waals surface area contributed by atoms with E-state index in [1.54, 1.807) is 0 Å². The van der Waals surface area contributed by atoms with Gasteiger partial charge >= 0.3 is 0 Å². The molecule has 132 valence electrons. The predicted molar refractivity (Wildman–Crippen MR) is 106 cm³/mol. The summed E-state index contributed by atoms with van der Waals surface area (Å²) in [7, 11) is -4.77. The Kier molecular flexibility index (Phi) is 6.06. The first-order valence-corrected chi connectivity index (χ1v) is 18.7. The first-order chi connectivity index (χ1) is 9.80. The standard InChI is InChI=1S/C17H40O2Si3/c1-11-16(12-2,20(4,5)6)19-22(10)15-14-17(22,13-3)18-21(7,8)9/h11-15H2,1-10H3.